The van der Waals surface area contributed by atoms with E-state index in [2.05, 4.69) is 0 Å². The Balaban J connectivity index is 1.97. The summed E-state index contributed by atoms with van der Waals surface area (Å²) < 4.78 is 5.81. The van der Waals surface area contributed by atoms with Gasteiger partial charge in [0.05, 0.1) is 18.1 Å². The van der Waals surface area contributed by atoms with E-state index >= 15 is 0 Å². The Morgan fingerprint density at radius 3 is 2.09 bits per heavy atom. The zero-order chi connectivity index (χ0) is 24.3. The first-order valence-corrected chi connectivity index (χ1v) is 11.6. The third-order valence-electron chi connectivity index (χ3n) is 6.24. The molecule has 6 heteroatoms. The number of carbonyl (C=O) groups excluding carboxylic acids is 2. The standard InChI is InChI=1S/C27H36N2O4/c1-18(2)28-19(3)23(21-15-11-8-12-16-21)33-26(32)29(28)25(31)22(24(30)27(4,5)6)17-20-13-9-7-10-14-20/h7-16,18-19,22-24,30H,17H2,1-6H3/t19-,22-,23-,24-/m0/s1. The van der Waals surface area contributed by atoms with Crippen molar-refractivity contribution < 1.29 is 19.4 Å². The average molecular weight is 453 g/mol. The van der Waals surface area contributed by atoms with Crippen molar-refractivity contribution >= 4 is 12.0 Å². The van der Waals surface area contributed by atoms with Crippen LogP contribution < -0.4 is 0 Å². The second-order valence-electron chi connectivity index (χ2n) is 10.2. The quantitative estimate of drug-likeness (QED) is 0.669. The molecule has 0 unspecified atom stereocenters. The van der Waals surface area contributed by atoms with Crippen LogP contribution in [0.4, 0.5) is 4.79 Å². The summed E-state index contributed by atoms with van der Waals surface area (Å²) in [5.41, 5.74) is 1.26. The van der Waals surface area contributed by atoms with Crippen LogP contribution >= 0.6 is 0 Å². The number of aliphatic hydroxyl groups excluding tert-OH is 1. The lowest BCUT2D eigenvalue weighted by molar-refractivity contribution is -0.183. The molecular formula is C27H36N2O4. The molecule has 4 atom stereocenters. The van der Waals surface area contributed by atoms with E-state index in [0.29, 0.717) is 6.42 Å². The predicted molar refractivity (Wildman–Crippen MR) is 128 cm³/mol. The SMILES string of the molecule is CC(C)N1[C@@H](C)[C@@H](c2ccccc2)OC(=O)N1C(=O)[C@@H](Cc1ccccc1)[C@H](O)C(C)(C)C. The fourth-order valence-electron chi connectivity index (χ4n) is 4.53. The van der Waals surface area contributed by atoms with Crippen LogP contribution in [0.2, 0.25) is 0 Å². The lowest BCUT2D eigenvalue weighted by atomic mass is 9.78. The molecule has 0 radical (unpaired) electrons. The van der Waals surface area contributed by atoms with E-state index in [4.69, 9.17) is 4.74 Å². The molecule has 178 valence electrons. The van der Waals surface area contributed by atoms with Gasteiger partial charge in [-0.2, -0.15) is 10.0 Å². The average Bonchev–Trinajstić information content (AvgIpc) is 2.78. The van der Waals surface area contributed by atoms with Crippen molar-refractivity contribution in [3.05, 3.63) is 71.8 Å². The highest BCUT2D eigenvalue weighted by molar-refractivity contribution is 5.93. The number of imide groups is 1. The van der Waals surface area contributed by atoms with Gasteiger partial charge in [0.15, 0.2) is 0 Å². The molecule has 2 aromatic carbocycles. The van der Waals surface area contributed by atoms with Gasteiger partial charge in [0, 0.05) is 6.04 Å². The van der Waals surface area contributed by atoms with Crippen LogP contribution in [0.5, 0.6) is 0 Å². The van der Waals surface area contributed by atoms with Gasteiger partial charge in [-0.15, -0.1) is 0 Å². The zero-order valence-corrected chi connectivity index (χ0v) is 20.4. The maximum atomic E-state index is 13.9. The number of aliphatic hydroxyl groups is 1. The molecule has 33 heavy (non-hydrogen) atoms. The van der Waals surface area contributed by atoms with E-state index in [1.54, 1.807) is 5.01 Å². The molecule has 0 aromatic heterocycles. The van der Waals surface area contributed by atoms with E-state index in [1.807, 2.05) is 102 Å². The second kappa shape index (κ2) is 10.1. The molecule has 2 aromatic rings. The van der Waals surface area contributed by atoms with Crippen LogP contribution in [0.15, 0.2) is 60.7 Å². The Hall–Kier alpha value is -2.70. The lowest BCUT2D eigenvalue weighted by Gasteiger charge is -2.48. The van der Waals surface area contributed by atoms with E-state index < -0.39 is 35.5 Å². The van der Waals surface area contributed by atoms with E-state index in [9.17, 15) is 14.7 Å². The highest BCUT2D eigenvalue weighted by atomic mass is 16.6. The first-order valence-electron chi connectivity index (χ1n) is 11.6. The monoisotopic (exact) mass is 452 g/mol. The van der Waals surface area contributed by atoms with Gasteiger partial charge < -0.3 is 9.84 Å². The summed E-state index contributed by atoms with van der Waals surface area (Å²) in [7, 11) is 0. The number of hydrogen-bond donors (Lipinski definition) is 1. The van der Waals surface area contributed by atoms with Crippen molar-refractivity contribution in [3.63, 3.8) is 0 Å². The van der Waals surface area contributed by atoms with Gasteiger partial charge in [-0.05, 0) is 43.7 Å². The van der Waals surface area contributed by atoms with E-state index in [-0.39, 0.29) is 12.1 Å². The Bertz CT molecular complexity index is 940. The number of hydrazine groups is 1. The fraction of sp³-hybridized carbons (Fsp3) is 0.481. The van der Waals surface area contributed by atoms with Gasteiger partial charge in [-0.3, -0.25) is 4.79 Å². The Kier molecular flexibility index (Phi) is 7.60. The molecule has 1 saturated heterocycles. The molecule has 1 aliphatic rings. The summed E-state index contributed by atoms with van der Waals surface area (Å²) in [5, 5.41) is 14.1. The van der Waals surface area contributed by atoms with Crippen LogP contribution in [0.1, 0.15) is 58.8 Å². The van der Waals surface area contributed by atoms with Gasteiger partial charge in [-0.1, -0.05) is 81.4 Å². The minimum atomic E-state index is -0.950. The molecule has 1 aliphatic heterocycles. The predicted octanol–water partition coefficient (Wildman–Crippen LogP) is 4.99. The molecule has 2 amide bonds. The number of ether oxygens (including phenoxy) is 1. The number of benzene rings is 2. The third-order valence-corrected chi connectivity index (χ3v) is 6.24. The summed E-state index contributed by atoms with van der Waals surface area (Å²) in [4.78, 5) is 27.2. The fourth-order valence-corrected chi connectivity index (χ4v) is 4.53. The normalized spacial score (nSPS) is 21.6. The summed E-state index contributed by atoms with van der Waals surface area (Å²) >= 11 is 0. The van der Waals surface area contributed by atoms with Crippen molar-refractivity contribution in [2.24, 2.45) is 11.3 Å². The summed E-state index contributed by atoms with van der Waals surface area (Å²) in [5.74, 6) is -1.25. The molecule has 1 N–H and O–H groups in total. The second-order valence-corrected chi connectivity index (χ2v) is 10.2. The molecule has 6 nitrogen and oxygen atoms in total. The van der Waals surface area contributed by atoms with E-state index in [0.717, 1.165) is 16.1 Å². The van der Waals surface area contributed by atoms with Crippen molar-refractivity contribution in [2.75, 3.05) is 0 Å². The van der Waals surface area contributed by atoms with Gasteiger partial charge in [0.25, 0.3) is 5.91 Å². The van der Waals surface area contributed by atoms with Gasteiger partial charge in [-0.25, -0.2) is 4.79 Å². The zero-order valence-electron chi connectivity index (χ0n) is 20.4. The maximum absolute atomic E-state index is 13.9. The molecule has 0 spiro atoms. The maximum Gasteiger partial charge on any atom is 0.432 e. The number of nitrogens with zero attached hydrogens (tertiary/aromatic N) is 2. The van der Waals surface area contributed by atoms with Crippen LogP contribution in [0.3, 0.4) is 0 Å². The molecular weight excluding hydrogens is 416 g/mol. The summed E-state index contributed by atoms with van der Waals surface area (Å²) in [6, 6.07) is 18.8. The minimum Gasteiger partial charge on any atom is -0.438 e. The van der Waals surface area contributed by atoms with Gasteiger partial charge in [0.1, 0.15) is 6.10 Å². The van der Waals surface area contributed by atoms with Crippen molar-refractivity contribution in [1.29, 1.82) is 0 Å². The topological polar surface area (TPSA) is 70.1 Å². The Labute approximate surface area is 197 Å². The number of cyclic esters (lactones) is 1. The first kappa shape index (κ1) is 24.9. The van der Waals surface area contributed by atoms with Crippen LogP contribution in [0, 0.1) is 11.3 Å². The van der Waals surface area contributed by atoms with Crippen LogP contribution in [-0.4, -0.2) is 45.3 Å². The Morgan fingerprint density at radius 1 is 1.03 bits per heavy atom. The van der Waals surface area contributed by atoms with Crippen LogP contribution in [-0.2, 0) is 16.0 Å². The highest BCUT2D eigenvalue weighted by Gasteiger charge is 2.48. The molecule has 1 fully saturated rings. The van der Waals surface area contributed by atoms with Crippen molar-refractivity contribution in [3.8, 4) is 0 Å². The van der Waals surface area contributed by atoms with Gasteiger partial charge >= 0.3 is 6.09 Å². The lowest BCUT2D eigenvalue weighted by Crippen LogP contribution is -2.64. The van der Waals surface area contributed by atoms with Crippen LogP contribution in [0.25, 0.3) is 0 Å². The molecule has 0 bridgehead atoms. The number of hydrogen-bond acceptors (Lipinski definition) is 5. The first-order chi connectivity index (χ1) is 15.5. The minimum absolute atomic E-state index is 0.132. The van der Waals surface area contributed by atoms with E-state index in [1.165, 1.54) is 0 Å². The number of carbonyl (C=O) groups is 2. The third kappa shape index (κ3) is 5.45. The van der Waals surface area contributed by atoms with Crippen molar-refractivity contribution in [2.45, 2.75) is 72.3 Å². The summed E-state index contributed by atoms with van der Waals surface area (Å²) in [6.45, 7) is 11.5. The highest BCUT2D eigenvalue weighted by Crippen LogP contribution is 2.36. The van der Waals surface area contributed by atoms with Crippen molar-refractivity contribution in [1.82, 2.24) is 10.0 Å². The van der Waals surface area contributed by atoms with Gasteiger partial charge in [0.2, 0.25) is 0 Å². The molecule has 1 heterocycles. The summed E-state index contributed by atoms with van der Waals surface area (Å²) in [6.07, 6.45) is -1.83. The number of amides is 2. The molecule has 0 aliphatic carbocycles. The Morgan fingerprint density at radius 2 is 1.58 bits per heavy atom. The largest absolute Gasteiger partial charge is 0.438 e. The smallest absolute Gasteiger partial charge is 0.432 e. The number of rotatable bonds is 6. The molecule has 3 rings (SSSR count). The molecule has 0 saturated carbocycles.